The first-order chi connectivity index (χ1) is 20.8. The monoisotopic (exact) mass is 634 g/mol. The zero-order valence-electron chi connectivity index (χ0n) is 24.6. The van der Waals surface area contributed by atoms with E-state index in [0.29, 0.717) is 0 Å². The number of hydrogen-bond acceptors (Lipinski definition) is 10. The number of aryl methyl sites for hydroxylation is 1. The number of rotatable bonds is 15. The van der Waals surface area contributed by atoms with Gasteiger partial charge in [-0.25, -0.2) is 22.7 Å². The molecule has 2 aromatic carbocycles. The van der Waals surface area contributed by atoms with Crippen LogP contribution in [0.3, 0.4) is 0 Å². The number of aliphatic imine (C=N–C) groups is 1. The van der Waals surface area contributed by atoms with Crippen LogP contribution in [0.25, 0.3) is 0 Å². The van der Waals surface area contributed by atoms with Crippen molar-refractivity contribution in [3.63, 3.8) is 0 Å². The number of carbonyl (C=O) groups excluding carboxylic acids is 4. The lowest BCUT2D eigenvalue weighted by Gasteiger charge is -2.20. The second-order valence-corrected chi connectivity index (χ2v) is 11.3. The number of ether oxygens (including phenoxy) is 2. The highest BCUT2D eigenvalue weighted by Crippen LogP contribution is 2.09. The molecule has 2 rings (SSSR count). The Kier molecular flexibility index (Phi) is 14.1. The number of carbonyl (C=O) groups is 4. The molecule has 15 nitrogen and oxygen atoms in total. The Labute approximate surface area is 255 Å². The van der Waals surface area contributed by atoms with Gasteiger partial charge in [0.15, 0.2) is 6.04 Å². The molecule has 0 heterocycles. The van der Waals surface area contributed by atoms with Crippen molar-refractivity contribution >= 4 is 39.9 Å². The van der Waals surface area contributed by atoms with E-state index in [-0.39, 0.29) is 36.8 Å². The maximum Gasteiger partial charge on any atom is 0.408 e. The first-order valence-electron chi connectivity index (χ1n) is 13.5. The summed E-state index contributed by atoms with van der Waals surface area (Å²) in [5.41, 5.74) is 7.35. The summed E-state index contributed by atoms with van der Waals surface area (Å²) in [5, 5.41) is 16.8. The Balaban J connectivity index is 1.99. The molecule has 0 saturated heterocycles. The summed E-state index contributed by atoms with van der Waals surface area (Å²) in [6.07, 6.45) is -1.98. The topological polar surface area (TPSA) is 228 Å². The molecule has 44 heavy (non-hydrogen) atoms. The number of esters is 1. The van der Waals surface area contributed by atoms with Gasteiger partial charge in [-0.2, -0.15) is 0 Å². The number of benzene rings is 2. The van der Waals surface area contributed by atoms with E-state index < -0.39 is 58.6 Å². The van der Waals surface area contributed by atoms with Crippen LogP contribution in [0.4, 0.5) is 4.79 Å². The molecule has 3 atom stereocenters. The van der Waals surface area contributed by atoms with E-state index in [1.54, 1.807) is 42.5 Å². The summed E-state index contributed by atoms with van der Waals surface area (Å²) >= 11 is 0. The largest absolute Gasteiger partial charge is 0.467 e. The zero-order chi connectivity index (χ0) is 32.7. The molecule has 2 aromatic rings. The van der Waals surface area contributed by atoms with Crippen LogP contribution in [0.5, 0.6) is 0 Å². The third-order valence-corrected chi connectivity index (χ3v) is 7.37. The lowest BCUT2D eigenvalue weighted by atomic mass is 10.1. The molecule has 0 fully saturated rings. The van der Waals surface area contributed by atoms with Gasteiger partial charge >= 0.3 is 12.1 Å². The number of amides is 3. The summed E-state index contributed by atoms with van der Waals surface area (Å²) in [4.78, 5) is 53.4. The van der Waals surface area contributed by atoms with Crippen LogP contribution in [0, 0.1) is 6.92 Å². The molecule has 7 N–H and O–H groups in total. The van der Waals surface area contributed by atoms with E-state index in [4.69, 9.17) is 10.5 Å². The average Bonchev–Trinajstić information content (AvgIpc) is 2.99. The minimum atomic E-state index is -3.95. The number of sulfonamides is 1. The van der Waals surface area contributed by atoms with Crippen molar-refractivity contribution < 1.29 is 42.2 Å². The molecule has 0 saturated carbocycles. The fourth-order valence-corrected chi connectivity index (χ4v) is 4.59. The first-order valence-corrected chi connectivity index (χ1v) is 15.0. The van der Waals surface area contributed by atoms with E-state index in [1.807, 2.05) is 6.92 Å². The van der Waals surface area contributed by atoms with Crippen molar-refractivity contribution in [1.82, 2.24) is 20.7 Å². The van der Waals surface area contributed by atoms with Crippen LogP contribution in [0.1, 0.15) is 30.9 Å². The van der Waals surface area contributed by atoms with Gasteiger partial charge in [0.05, 0.1) is 24.7 Å². The molecule has 0 aliphatic rings. The smallest absolute Gasteiger partial charge is 0.408 e. The molecule has 0 bridgehead atoms. The predicted octanol–water partition coefficient (Wildman–Crippen LogP) is -0.182. The van der Waals surface area contributed by atoms with Crippen LogP contribution in [0.2, 0.25) is 0 Å². The zero-order valence-corrected chi connectivity index (χ0v) is 25.4. The van der Waals surface area contributed by atoms with Gasteiger partial charge in [-0.1, -0.05) is 48.0 Å². The van der Waals surface area contributed by atoms with Crippen molar-refractivity contribution in [1.29, 1.82) is 0 Å². The standard InChI is InChI=1S/C28H38N6O9S/c1-18-11-13-21(14-12-18)44(40,41)34-27(29)30-15-7-10-22(32-28(39)43-17-20-8-5-4-6-9-20)25(37)31-16-23(36)33-24(19(2)35)26(38)42-3/h4-6,8-9,11-14,19,22,24,35H,7,10,15-17H2,1-3H3,(H,31,37)(H,32,39)(H,33,36)(H3,29,30,34). The molecule has 3 unspecified atom stereocenters. The lowest BCUT2D eigenvalue weighted by Crippen LogP contribution is -2.53. The molecule has 0 aromatic heterocycles. The highest BCUT2D eigenvalue weighted by molar-refractivity contribution is 7.90. The second-order valence-electron chi connectivity index (χ2n) is 9.61. The number of guanidine groups is 1. The van der Waals surface area contributed by atoms with E-state index in [2.05, 4.69) is 30.4 Å². The number of nitrogens with two attached hydrogens (primary N) is 1. The summed E-state index contributed by atoms with van der Waals surface area (Å²) < 4.78 is 36.9. The SMILES string of the molecule is COC(=O)C(NC(=O)CNC(=O)C(CCCN=C(N)NS(=O)(=O)c1ccc(C)cc1)NC(=O)OCc1ccccc1)C(C)O. The van der Waals surface area contributed by atoms with Gasteiger partial charge in [0.25, 0.3) is 10.0 Å². The van der Waals surface area contributed by atoms with Gasteiger partial charge in [-0.05, 0) is 44.4 Å². The fourth-order valence-electron chi connectivity index (χ4n) is 3.64. The van der Waals surface area contributed by atoms with Gasteiger partial charge < -0.3 is 36.3 Å². The maximum absolute atomic E-state index is 12.9. The lowest BCUT2D eigenvalue weighted by molar-refractivity contribution is -0.148. The molecular formula is C28H38N6O9S. The van der Waals surface area contributed by atoms with Crippen molar-refractivity contribution in [2.24, 2.45) is 10.7 Å². The number of nitrogens with one attached hydrogen (secondary N) is 4. The van der Waals surface area contributed by atoms with Gasteiger partial charge in [0.1, 0.15) is 12.6 Å². The van der Waals surface area contributed by atoms with Crippen LogP contribution < -0.4 is 26.4 Å². The highest BCUT2D eigenvalue weighted by atomic mass is 32.2. The molecule has 0 spiro atoms. The molecule has 16 heteroatoms. The van der Waals surface area contributed by atoms with Gasteiger partial charge in [0.2, 0.25) is 17.8 Å². The molecular weight excluding hydrogens is 596 g/mol. The van der Waals surface area contributed by atoms with Crippen LogP contribution in [0.15, 0.2) is 64.5 Å². The quantitative estimate of drug-likeness (QED) is 0.0655. The molecule has 240 valence electrons. The third-order valence-electron chi connectivity index (χ3n) is 6.00. The van der Waals surface area contributed by atoms with Crippen molar-refractivity contribution in [3.8, 4) is 0 Å². The highest BCUT2D eigenvalue weighted by Gasteiger charge is 2.27. The second kappa shape index (κ2) is 17.4. The molecule has 0 radical (unpaired) electrons. The Hall–Kier alpha value is -4.70. The number of alkyl carbamates (subject to hydrolysis) is 1. The molecule has 3 amide bonds. The summed E-state index contributed by atoms with van der Waals surface area (Å²) in [6.45, 7) is 2.45. The first kappa shape index (κ1) is 35.5. The van der Waals surface area contributed by atoms with Gasteiger partial charge in [-0.3, -0.25) is 14.6 Å². The number of methoxy groups -OCH3 is 1. The van der Waals surface area contributed by atoms with E-state index in [0.717, 1.165) is 18.2 Å². The van der Waals surface area contributed by atoms with Crippen molar-refractivity contribution in [2.75, 3.05) is 20.2 Å². The maximum atomic E-state index is 12.9. The Morgan fingerprint density at radius 3 is 2.30 bits per heavy atom. The normalized spacial score (nSPS) is 13.5. The average molecular weight is 635 g/mol. The Morgan fingerprint density at radius 2 is 1.68 bits per heavy atom. The summed E-state index contributed by atoms with van der Waals surface area (Å²) in [7, 11) is -2.86. The third kappa shape index (κ3) is 12.3. The molecule has 0 aliphatic heterocycles. The van der Waals surface area contributed by atoms with E-state index in [9.17, 15) is 32.7 Å². The fraction of sp³-hybridized carbons (Fsp3) is 0.393. The molecule has 0 aliphatic carbocycles. The van der Waals surface area contributed by atoms with Crippen LogP contribution in [-0.4, -0.2) is 81.7 Å². The Morgan fingerprint density at radius 1 is 1.02 bits per heavy atom. The number of aliphatic hydroxyl groups excluding tert-OH is 1. The summed E-state index contributed by atoms with van der Waals surface area (Å²) in [6, 6.07) is 12.4. The number of aliphatic hydroxyl groups is 1. The Bertz CT molecular complexity index is 1400. The summed E-state index contributed by atoms with van der Waals surface area (Å²) in [5.74, 6) is -2.78. The van der Waals surface area contributed by atoms with Crippen molar-refractivity contribution in [3.05, 3.63) is 65.7 Å². The van der Waals surface area contributed by atoms with Crippen LogP contribution >= 0.6 is 0 Å². The van der Waals surface area contributed by atoms with Gasteiger partial charge in [-0.15, -0.1) is 0 Å². The minimum absolute atomic E-state index is 0.00610. The van der Waals surface area contributed by atoms with Gasteiger partial charge in [0, 0.05) is 6.54 Å². The number of nitrogens with zero attached hydrogens (tertiary/aromatic N) is 1. The number of hydrogen-bond donors (Lipinski definition) is 6. The minimum Gasteiger partial charge on any atom is -0.467 e. The van der Waals surface area contributed by atoms with E-state index >= 15 is 0 Å². The predicted molar refractivity (Wildman–Crippen MR) is 159 cm³/mol. The van der Waals surface area contributed by atoms with E-state index in [1.165, 1.54) is 19.1 Å². The van der Waals surface area contributed by atoms with Crippen molar-refractivity contribution in [2.45, 2.75) is 56.4 Å². The van der Waals surface area contributed by atoms with Crippen LogP contribution in [-0.2, 0) is 40.5 Å².